The Labute approximate surface area is 228 Å². The summed E-state index contributed by atoms with van der Waals surface area (Å²) in [6.45, 7) is -0.558. The van der Waals surface area contributed by atoms with Gasteiger partial charge in [-0.05, 0) is 36.0 Å². The van der Waals surface area contributed by atoms with E-state index in [0.717, 1.165) is 0 Å². The predicted octanol–water partition coefficient (Wildman–Crippen LogP) is 3.14. The van der Waals surface area contributed by atoms with Gasteiger partial charge in [0.2, 0.25) is 11.7 Å². The van der Waals surface area contributed by atoms with E-state index in [9.17, 15) is 14.7 Å². The number of carbonyl (C=O) groups is 2. The Kier molecular flexibility index (Phi) is 8.29. The summed E-state index contributed by atoms with van der Waals surface area (Å²) in [7, 11) is 7.53. The Morgan fingerprint density at radius 1 is 1.08 bits per heavy atom. The van der Waals surface area contributed by atoms with Crippen LogP contribution in [0.2, 0.25) is 0 Å². The van der Waals surface area contributed by atoms with Gasteiger partial charge in [0.05, 0.1) is 52.4 Å². The number of methoxy groups -OCH3 is 4. The Hall–Kier alpha value is -4.26. The monoisotopic (exact) mass is 558 g/mol. The number of nitrogens with one attached hydrogen (secondary N) is 2. The minimum Gasteiger partial charge on any atom is -0.494 e. The molecule has 0 saturated heterocycles. The maximum atomic E-state index is 14.1. The number of furan rings is 1. The van der Waals surface area contributed by atoms with Crippen molar-refractivity contribution in [1.29, 1.82) is 0 Å². The maximum Gasteiger partial charge on any atom is 0.245 e. The molecule has 0 aliphatic heterocycles. The minimum atomic E-state index is -1.11. The molecule has 0 aliphatic carbocycles. The van der Waals surface area contributed by atoms with Crippen molar-refractivity contribution in [3.05, 3.63) is 47.8 Å². The number of amides is 1. The first-order valence-corrected chi connectivity index (χ1v) is 11.9. The van der Waals surface area contributed by atoms with Crippen molar-refractivity contribution >= 4 is 40.1 Å². The van der Waals surface area contributed by atoms with Crippen molar-refractivity contribution in [3.63, 3.8) is 0 Å². The fraction of sp³-hybridized carbons (Fsp3) is 0.269. The molecule has 0 radical (unpaired) electrons. The van der Waals surface area contributed by atoms with Crippen LogP contribution in [0.3, 0.4) is 0 Å². The summed E-state index contributed by atoms with van der Waals surface area (Å²) in [6.07, 6.45) is 3.25. The number of ether oxygens (including phenoxy) is 4. The van der Waals surface area contributed by atoms with Crippen LogP contribution in [0.15, 0.2) is 41.1 Å². The predicted molar refractivity (Wildman–Crippen MR) is 143 cm³/mol. The van der Waals surface area contributed by atoms with Crippen molar-refractivity contribution < 1.29 is 38.1 Å². The normalized spacial score (nSPS) is 11.8. The number of aliphatic hydroxyl groups is 1. The Morgan fingerprint density at radius 3 is 2.26 bits per heavy atom. The highest BCUT2D eigenvalue weighted by atomic mass is 35.5. The molecular formula is C26H27ClN4O8. The molecule has 0 spiro atoms. The third-order valence-corrected chi connectivity index (χ3v) is 6.30. The molecule has 2 aromatic carbocycles. The van der Waals surface area contributed by atoms with Gasteiger partial charge in [-0.25, -0.2) is 4.84 Å². The largest absolute Gasteiger partial charge is 0.494 e. The zero-order chi connectivity index (χ0) is 28.3. The highest BCUT2D eigenvalue weighted by molar-refractivity contribution is 6.22. The van der Waals surface area contributed by atoms with Gasteiger partial charge in [0, 0.05) is 24.2 Å². The van der Waals surface area contributed by atoms with E-state index in [1.54, 1.807) is 48.4 Å². The number of hydrogen-bond donors (Lipinski definition) is 3. The van der Waals surface area contributed by atoms with Crippen LogP contribution >= 0.6 is 11.8 Å². The van der Waals surface area contributed by atoms with Gasteiger partial charge in [-0.15, -0.1) is 0 Å². The van der Waals surface area contributed by atoms with Gasteiger partial charge in [-0.3, -0.25) is 14.3 Å². The van der Waals surface area contributed by atoms with E-state index in [1.807, 2.05) is 0 Å². The summed E-state index contributed by atoms with van der Waals surface area (Å²) in [5.41, 5.74) is 1.30. The molecule has 4 rings (SSSR count). The third kappa shape index (κ3) is 5.09. The quantitative estimate of drug-likeness (QED) is 0.185. The van der Waals surface area contributed by atoms with Crippen LogP contribution in [-0.2, 0) is 11.8 Å². The molecule has 206 valence electrons. The van der Waals surface area contributed by atoms with E-state index in [1.165, 1.54) is 28.4 Å². The van der Waals surface area contributed by atoms with Crippen LogP contribution in [0, 0.1) is 0 Å². The number of aryl methyl sites for hydroxylation is 1. The highest BCUT2D eigenvalue weighted by Crippen LogP contribution is 2.44. The molecule has 1 atom stereocenters. The van der Waals surface area contributed by atoms with Crippen molar-refractivity contribution in [1.82, 2.24) is 14.6 Å². The molecule has 0 bridgehead atoms. The van der Waals surface area contributed by atoms with Crippen molar-refractivity contribution in [2.24, 2.45) is 7.05 Å². The van der Waals surface area contributed by atoms with E-state index < -0.39 is 24.3 Å². The number of nitrogens with zero attached hydrogens (tertiary/aromatic N) is 2. The third-order valence-electron chi connectivity index (χ3n) is 6.04. The van der Waals surface area contributed by atoms with Crippen molar-refractivity contribution in [2.45, 2.75) is 6.04 Å². The molecule has 0 saturated carbocycles. The Bertz CT molecular complexity index is 1500. The SMILES string of the molecule is COc1cc(C(=O)c2c(-c3cnn(C)c3)oc3c(NC(=O)C(CO)NCl)c(OC)ccc23)cc(OC)c1OC. The van der Waals surface area contributed by atoms with E-state index >= 15 is 0 Å². The molecule has 13 heteroatoms. The fourth-order valence-corrected chi connectivity index (χ4v) is 4.30. The molecule has 2 heterocycles. The molecule has 12 nitrogen and oxygen atoms in total. The van der Waals surface area contributed by atoms with Gasteiger partial charge in [0.25, 0.3) is 0 Å². The zero-order valence-corrected chi connectivity index (χ0v) is 22.6. The number of carbonyl (C=O) groups excluding carboxylic acids is 2. The van der Waals surface area contributed by atoms with Gasteiger partial charge < -0.3 is 33.8 Å². The molecule has 0 aliphatic rings. The second-order valence-corrected chi connectivity index (χ2v) is 8.52. The van der Waals surface area contributed by atoms with Crippen LogP contribution < -0.4 is 29.1 Å². The van der Waals surface area contributed by atoms with Gasteiger partial charge in [0.1, 0.15) is 23.2 Å². The smallest absolute Gasteiger partial charge is 0.245 e. The van der Waals surface area contributed by atoms with E-state index in [0.29, 0.717) is 28.2 Å². The first-order valence-electron chi connectivity index (χ1n) is 11.6. The van der Waals surface area contributed by atoms with E-state index in [4.69, 9.17) is 35.1 Å². The maximum absolute atomic E-state index is 14.1. The lowest BCUT2D eigenvalue weighted by atomic mass is 9.97. The Balaban J connectivity index is 1.98. The van der Waals surface area contributed by atoms with Crippen LogP contribution in [-0.4, -0.2) is 67.7 Å². The van der Waals surface area contributed by atoms with Crippen LogP contribution in [0.1, 0.15) is 15.9 Å². The lowest BCUT2D eigenvalue weighted by Gasteiger charge is -2.15. The standard InChI is InChI=1S/C26H27ClN4O8/c1-31-11-14(10-28-31)23-20(22(33)13-8-18(36-3)25(38-5)19(9-13)37-4)15-6-7-17(35-2)21(24(15)39-23)29-26(34)16(12-32)30-27/h6-11,16,30,32H,12H2,1-5H3,(H,29,34). The highest BCUT2D eigenvalue weighted by Gasteiger charge is 2.29. The van der Waals surface area contributed by atoms with Gasteiger partial charge in [-0.1, -0.05) is 0 Å². The van der Waals surface area contributed by atoms with Crippen LogP contribution in [0.25, 0.3) is 22.3 Å². The summed E-state index contributed by atoms with van der Waals surface area (Å²) in [5, 5.41) is 16.8. The average Bonchev–Trinajstić information content (AvgIpc) is 3.56. The molecular weight excluding hydrogens is 532 g/mol. The molecule has 39 heavy (non-hydrogen) atoms. The number of fused-ring (bicyclic) bond motifs is 1. The number of aliphatic hydroxyl groups excluding tert-OH is 1. The second-order valence-electron chi connectivity index (χ2n) is 8.31. The van der Waals surface area contributed by atoms with Gasteiger partial charge in [-0.2, -0.15) is 5.10 Å². The summed E-state index contributed by atoms with van der Waals surface area (Å²) in [5.74, 6) is 0.362. The number of benzene rings is 2. The lowest BCUT2D eigenvalue weighted by Crippen LogP contribution is -2.38. The number of aromatic nitrogens is 2. The number of hydrogen-bond acceptors (Lipinski definition) is 10. The van der Waals surface area contributed by atoms with Gasteiger partial charge >= 0.3 is 0 Å². The number of rotatable bonds is 11. The molecule has 3 N–H and O–H groups in total. The molecule has 1 amide bonds. The van der Waals surface area contributed by atoms with E-state index in [-0.39, 0.29) is 33.9 Å². The summed E-state index contributed by atoms with van der Waals surface area (Å²) in [6, 6.07) is 5.22. The Morgan fingerprint density at radius 2 is 1.74 bits per heavy atom. The van der Waals surface area contributed by atoms with E-state index in [2.05, 4.69) is 15.3 Å². The molecule has 0 fully saturated rings. The van der Waals surface area contributed by atoms with Gasteiger partial charge in [0.15, 0.2) is 22.9 Å². The zero-order valence-electron chi connectivity index (χ0n) is 21.8. The summed E-state index contributed by atoms with van der Waals surface area (Å²) >= 11 is 5.60. The molecule has 1 unspecified atom stereocenters. The topological polar surface area (TPSA) is 146 Å². The summed E-state index contributed by atoms with van der Waals surface area (Å²) < 4.78 is 29.5. The number of ketones is 1. The number of anilines is 1. The van der Waals surface area contributed by atoms with Crippen LogP contribution in [0.4, 0.5) is 5.69 Å². The first kappa shape index (κ1) is 27.8. The average molecular weight is 559 g/mol. The lowest BCUT2D eigenvalue weighted by molar-refractivity contribution is -0.118. The number of halogens is 1. The van der Waals surface area contributed by atoms with Crippen molar-refractivity contribution in [3.8, 4) is 34.3 Å². The fourth-order valence-electron chi connectivity index (χ4n) is 4.13. The van der Waals surface area contributed by atoms with Crippen molar-refractivity contribution in [2.75, 3.05) is 40.4 Å². The van der Waals surface area contributed by atoms with Crippen LogP contribution in [0.5, 0.6) is 23.0 Å². The minimum absolute atomic E-state index is 0.152. The molecule has 4 aromatic rings. The molecule has 2 aromatic heterocycles. The second kappa shape index (κ2) is 11.6. The first-order chi connectivity index (χ1) is 18.8. The summed E-state index contributed by atoms with van der Waals surface area (Å²) in [4.78, 5) is 29.1.